The summed E-state index contributed by atoms with van der Waals surface area (Å²) in [4.78, 5) is 5.96. The van der Waals surface area contributed by atoms with Crippen molar-refractivity contribution in [3.8, 4) is 0 Å². The molecule has 1 atom stereocenters. The fourth-order valence-electron chi connectivity index (χ4n) is 2.16. The first-order valence-corrected chi connectivity index (χ1v) is 8.26. The molecule has 5 heteroatoms. The lowest BCUT2D eigenvalue weighted by molar-refractivity contribution is 0.597. The van der Waals surface area contributed by atoms with Gasteiger partial charge in [-0.3, -0.25) is 0 Å². The van der Waals surface area contributed by atoms with Crippen molar-refractivity contribution in [2.75, 3.05) is 0 Å². The Morgan fingerprint density at radius 2 is 1.85 bits per heavy atom. The van der Waals surface area contributed by atoms with Gasteiger partial charge >= 0.3 is 0 Å². The highest BCUT2D eigenvalue weighted by Crippen LogP contribution is 2.34. The maximum Gasteiger partial charge on any atom is 0.115 e. The van der Waals surface area contributed by atoms with Crippen LogP contribution in [-0.2, 0) is 0 Å². The Hall–Kier alpha value is -0.610. The first-order valence-electron chi connectivity index (χ1n) is 6.69. The third-order valence-corrected chi connectivity index (χ3v) is 5.06. The highest BCUT2D eigenvalue weighted by Gasteiger charge is 2.28. The topological polar surface area (TPSA) is 24.9 Å². The van der Waals surface area contributed by atoms with Crippen LogP contribution in [0.15, 0.2) is 18.2 Å². The SMILES string of the molecule is Cc1nc(C(NC2CC2)c2cc(Cl)cc(Cl)c2)sc1C. The molecular weight excluding hydrogens is 311 g/mol. The van der Waals surface area contributed by atoms with Gasteiger partial charge in [0.15, 0.2) is 0 Å². The molecule has 20 heavy (non-hydrogen) atoms. The predicted molar refractivity (Wildman–Crippen MR) is 86.1 cm³/mol. The minimum Gasteiger partial charge on any atom is -0.301 e. The molecule has 0 bridgehead atoms. The maximum absolute atomic E-state index is 6.14. The van der Waals surface area contributed by atoms with Gasteiger partial charge in [0.25, 0.3) is 0 Å². The first-order chi connectivity index (χ1) is 9.52. The monoisotopic (exact) mass is 326 g/mol. The van der Waals surface area contributed by atoms with Gasteiger partial charge in [0, 0.05) is 21.0 Å². The second kappa shape index (κ2) is 5.64. The summed E-state index contributed by atoms with van der Waals surface area (Å²) in [5, 5.41) is 6.07. The quantitative estimate of drug-likeness (QED) is 0.863. The molecule has 1 N–H and O–H groups in total. The highest BCUT2D eigenvalue weighted by molar-refractivity contribution is 7.11. The van der Waals surface area contributed by atoms with Crippen molar-refractivity contribution in [1.29, 1.82) is 0 Å². The fourth-order valence-corrected chi connectivity index (χ4v) is 3.71. The molecule has 0 radical (unpaired) electrons. The first kappa shape index (κ1) is 14.3. The lowest BCUT2D eigenvalue weighted by Gasteiger charge is -2.17. The molecule has 1 unspecified atom stereocenters. The zero-order valence-electron chi connectivity index (χ0n) is 11.4. The Labute approximate surface area is 133 Å². The van der Waals surface area contributed by atoms with Crippen LogP contribution < -0.4 is 5.32 Å². The van der Waals surface area contributed by atoms with E-state index in [1.54, 1.807) is 17.4 Å². The molecule has 0 saturated heterocycles. The number of aromatic nitrogens is 1. The van der Waals surface area contributed by atoms with Gasteiger partial charge < -0.3 is 5.32 Å². The van der Waals surface area contributed by atoms with Crippen LogP contribution >= 0.6 is 34.5 Å². The molecule has 0 amide bonds. The molecule has 1 aromatic carbocycles. The van der Waals surface area contributed by atoms with Crippen LogP contribution in [0.3, 0.4) is 0 Å². The van der Waals surface area contributed by atoms with Crippen molar-refractivity contribution < 1.29 is 0 Å². The van der Waals surface area contributed by atoms with E-state index in [1.807, 2.05) is 12.1 Å². The fraction of sp³-hybridized carbons (Fsp3) is 0.400. The van der Waals surface area contributed by atoms with E-state index in [9.17, 15) is 0 Å². The van der Waals surface area contributed by atoms with Crippen LogP contribution in [0, 0.1) is 13.8 Å². The van der Waals surface area contributed by atoms with Crippen LogP contribution in [0.1, 0.15) is 40.0 Å². The van der Waals surface area contributed by atoms with Crippen molar-refractivity contribution in [2.24, 2.45) is 0 Å². The average molecular weight is 327 g/mol. The summed E-state index contributed by atoms with van der Waals surface area (Å²) in [6.45, 7) is 4.16. The number of benzene rings is 1. The normalized spacial score (nSPS) is 16.4. The minimum atomic E-state index is 0.0797. The van der Waals surface area contributed by atoms with E-state index in [0.717, 1.165) is 16.3 Å². The summed E-state index contributed by atoms with van der Waals surface area (Å²) < 4.78 is 0. The molecule has 106 valence electrons. The second-order valence-corrected chi connectivity index (χ2v) is 7.38. The second-order valence-electron chi connectivity index (χ2n) is 5.27. The summed E-state index contributed by atoms with van der Waals surface area (Å²) in [6, 6.07) is 6.37. The van der Waals surface area contributed by atoms with Crippen LogP contribution in [0.4, 0.5) is 0 Å². The molecule has 1 aliphatic rings. The van der Waals surface area contributed by atoms with E-state index < -0.39 is 0 Å². The van der Waals surface area contributed by atoms with Crippen LogP contribution in [-0.4, -0.2) is 11.0 Å². The van der Waals surface area contributed by atoms with Gasteiger partial charge in [-0.05, 0) is 50.5 Å². The van der Waals surface area contributed by atoms with Crippen molar-refractivity contribution >= 4 is 34.5 Å². The molecule has 2 nitrogen and oxygen atoms in total. The van der Waals surface area contributed by atoms with E-state index in [1.165, 1.54) is 17.7 Å². The summed E-state index contributed by atoms with van der Waals surface area (Å²) in [7, 11) is 0. The Morgan fingerprint density at radius 3 is 2.35 bits per heavy atom. The van der Waals surface area contributed by atoms with Gasteiger partial charge in [0.1, 0.15) is 5.01 Å². The molecule has 1 aliphatic carbocycles. The van der Waals surface area contributed by atoms with E-state index >= 15 is 0 Å². The van der Waals surface area contributed by atoms with Gasteiger partial charge in [-0.15, -0.1) is 11.3 Å². The summed E-state index contributed by atoms with van der Waals surface area (Å²) in [6.07, 6.45) is 2.46. The largest absolute Gasteiger partial charge is 0.301 e. The van der Waals surface area contributed by atoms with Crippen LogP contribution in [0.5, 0.6) is 0 Å². The zero-order chi connectivity index (χ0) is 14.3. The number of hydrogen-bond donors (Lipinski definition) is 1. The number of hydrogen-bond acceptors (Lipinski definition) is 3. The molecule has 2 aromatic rings. The van der Waals surface area contributed by atoms with Crippen molar-refractivity contribution in [1.82, 2.24) is 10.3 Å². The third kappa shape index (κ3) is 3.17. The molecule has 1 heterocycles. The summed E-state index contributed by atoms with van der Waals surface area (Å²) in [5.41, 5.74) is 2.18. The third-order valence-electron chi connectivity index (χ3n) is 3.49. The predicted octanol–water partition coefficient (Wildman–Crippen LogP) is 4.91. The molecule has 0 aliphatic heterocycles. The Morgan fingerprint density at radius 1 is 1.20 bits per heavy atom. The number of aryl methyl sites for hydroxylation is 2. The number of halogens is 2. The van der Waals surface area contributed by atoms with E-state index in [-0.39, 0.29) is 6.04 Å². The number of rotatable bonds is 4. The van der Waals surface area contributed by atoms with Gasteiger partial charge in [0.05, 0.1) is 11.7 Å². The average Bonchev–Trinajstić information content (AvgIpc) is 3.12. The van der Waals surface area contributed by atoms with Crippen molar-refractivity contribution in [3.05, 3.63) is 49.4 Å². The molecule has 1 aromatic heterocycles. The molecule has 1 saturated carbocycles. The summed E-state index contributed by atoms with van der Waals surface area (Å²) >= 11 is 14.0. The van der Waals surface area contributed by atoms with Crippen molar-refractivity contribution in [2.45, 2.75) is 38.8 Å². The lowest BCUT2D eigenvalue weighted by atomic mass is 10.1. The van der Waals surface area contributed by atoms with Gasteiger partial charge in [0.2, 0.25) is 0 Å². The smallest absolute Gasteiger partial charge is 0.115 e. The number of thiazole rings is 1. The minimum absolute atomic E-state index is 0.0797. The van der Waals surface area contributed by atoms with E-state index in [0.29, 0.717) is 16.1 Å². The van der Waals surface area contributed by atoms with E-state index in [2.05, 4.69) is 19.2 Å². The molecule has 1 fully saturated rings. The maximum atomic E-state index is 6.14. The number of nitrogens with zero attached hydrogens (tertiary/aromatic N) is 1. The molecule has 0 spiro atoms. The van der Waals surface area contributed by atoms with Crippen molar-refractivity contribution in [3.63, 3.8) is 0 Å². The highest BCUT2D eigenvalue weighted by atomic mass is 35.5. The standard InChI is InChI=1S/C15H16Cl2N2S/c1-8-9(2)20-15(18-8)14(19-13-3-4-13)10-5-11(16)7-12(17)6-10/h5-7,13-14,19H,3-4H2,1-2H3. The van der Waals surface area contributed by atoms with Gasteiger partial charge in [-0.1, -0.05) is 23.2 Å². The zero-order valence-corrected chi connectivity index (χ0v) is 13.7. The summed E-state index contributed by atoms with van der Waals surface area (Å²) in [5.74, 6) is 0. The Kier molecular flexibility index (Phi) is 4.04. The van der Waals surface area contributed by atoms with Crippen LogP contribution in [0.25, 0.3) is 0 Å². The Balaban J connectivity index is 2.00. The van der Waals surface area contributed by atoms with E-state index in [4.69, 9.17) is 28.2 Å². The van der Waals surface area contributed by atoms with Gasteiger partial charge in [-0.2, -0.15) is 0 Å². The van der Waals surface area contributed by atoms with Crippen LogP contribution in [0.2, 0.25) is 10.0 Å². The van der Waals surface area contributed by atoms with Gasteiger partial charge in [-0.25, -0.2) is 4.98 Å². The molecular formula is C15H16Cl2N2S. The molecule has 3 rings (SSSR count). The Bertz CT molecular complexity index is 595. The number of nitrogens with one attached hydrogen (secondary N) is 1. The lowest BCUT2D eigenvalue weighted by Crippen LogP contribution is -2.24.